The summed E-state index contributed by atoms with van der Waals surface area (Å²) in [5, 5.41) is 0. The third kappa shape index (κ3) is 4.30. The molecule has 0 fully saturated rings. The van der Waals surface area contributed by atoms with Crippen molar-refractivity contribution in [3.8, 4) is 0 Å². The second-order valence-electron chi connectivity index (χ2n) is 2.41. The van der Waals surface area contributed by atoms with Crippen LogP contribution in [0.5, 0.6) is 0 Å². The minimum absolute atomic E-state index is 0.470. The largest absolute Gasteiger partial charge is 0.303 e. The summed E-state index contributed by atoms with van der Waals surface area (Å²) in [5.41, 5.74) is 0. The molecule has 0 radical (unpaired) electrons. The van der Waals surface area contributed by atoms with Gasteiger partial charge in [0.2, 0.25) is 0 Å². The van der Waals surface area contributed by atoms with E-state index in [-0.39, 0.29) is 0 Å². The van der Waals surface area contributed by atoms with Gasteiger partial charge in [-0.2, -0.15) is 0 Å². The molecule has 1 unspecified atom stereocenters. The zero-order valence-electron chi connectivity index (χ0n) is 6.84. The third-order valence-electron chi connectivity index (χ3n) is 1.57. The lowest BCUT2D eigenvalue weighted by atomic mass is 10.0. The van der Waals surface area contributed by atoms with Crippen molar-refractivity contribution in [3.63, 3.8) is 0 Å². The van der Waals surface area contributed by atoms with Crippen LogP contribution in [0.2, 0.25) is 0 Å². The molecule has 0 aliphatic heterocycles. The van der Waals surface area contributed by atoms with Gasteiger partial charge >= 0.3 is 0 Å². The third-order valence-corrected chi connectivity index (χ3v) is 1.57. The predicted molar refractivity (Wildman–Crippen MR) is 43.9 cm³/mol. The van der Waals surface area contributed by atoms with Crippen LogP contribution in [-0.2, 0) is 4.79 Å². The van der Waals surface area contributed by atoms with Crippen molar-refractivity contribution in [2.24, 2.45) is 5.92 Å². The second-order valence-corrected chi connectivity index (χ2v) is 2.41. The molecule has 1 atom stereocenters. The molecular formula is C9H16O. The summed E-state index contributed by atoms with van der Waals surface area (Å²) in [4.78, 5) is 10.1. The van der Waals surface area contributed by atoms with Gasteiger partial charge in [-0.1, -0.05) is 26.0 Å². The molecule has 0 saturated heterocycles. The molecule has 0 bridgehead atoms. The molecule has 0 aromatic carbocycles. The maximum Gasteiger partial charge on any atom is 0.120 e. The van der Waals surface area contributed by atoms with Gasteiger partial charge in [0, 0.05) is 6.42 Å². The Morgan fingerprint density at radius 1 is 1.40 bits per heavy atom. The molecule has 58 valence electrons. The number of rotatable bonds is 5. The Morgan fingerprint density at radius 3 is 2.50 bits per heavy atom. The van der Waals surface area contributed by atoms with Crippen LogP contribution in [0.4, 0.5) is 0 Å². The monoisotopic (exact) mass is 140 g/mol. The van der Waals surface area contributed by atoms with E-state index in [1.807, 2.05) is 0 Å². The van der Waals surface area contributed by atoms with E-state index in [4.69, 9.17) is 0 Å². The van der Waals surface area contributed by atoms with Crippen molar-refractivity contribution >= 4 is 6.29 Å². The molecular weight excluding hydrogens is 124 g/mol. The highest BCUT2D eigenvalue weighted by Gasteiger charge is 1.97. The molecule has 0 aliphatic rings. The van der Waals surface area contributed by atoms with Gasteiger partial charge in [0.1, 0.15) is 6.29 Å². The first-order valence-corrected chi connectivity index (χ1v) is 3.95. The number of carbonyl (C=O) groups excluding carboxylic acids is 1. The van der Waals surface area contributed by atoms with Crippen LogP contribution in [0.15, 0.2) is 12.2 Å². The predicted octanol–water partition coefficient (Wildman–Crippen LogP) is 2.57. The van der Waals surface area contributed by atoms with E-state index in [0.29, 0.717) is 12.3 Å². The molecule has 10 heavy (non-hydrogen) atoms. The lowest BCUT2D eigenvalue weighted by molar-refractivity contribution is -0.108. The van der Waals surface area contributed by atoms with Crippen LogP contribution < -0.4 is 0 Å². The summed E-state index contributed by atoms with van der Waals surface area (Å²) in [7, 11) is 0. The Labute approximate surface area is 63.1 Å². The molecule has 0 amide bonds. The Bertz CT molecular complexity index is 105. The highest BCUT2D eigenvalue weighted by molar-refractivity contribution is 5.50. The summed E-state index contributed by atoms with van der Waals surface area (Å²) < 4.78 is 0. The Balaban J connectivity index is 3.58. The smallest absolute Gasteiger partial charge is 0.120 e. The quantitative estimate of drug-likeness (QED) is 0.423. The SMILES string of the molecule is CCC=CC(CC)CC=O. The Morgan fingerprint density at radius 2 is 2.10 bits per heavy atom. The maximum atomic E-state index is 10.1. The number of aldehydes is 1. The number of hydrogen-bond acceptors (Lipinski definition) is 1. The van der Waals surface area contributed by atoms with E-state index < -0.39 is 0 Å². The zero-order valence-corrected chi connectivity index (χ0v) is 6.84. The van der Waals surface area contributed by atoms with E-state index in [9.17, 15) is 4.79 Å². The van der Waals surface area contributed by atoms with Crippen molar-refractivity contribution in [1.82, 2.24) is 0 Å². The molecule has 0 rings (SSSR count). The molecule has 0 spiro atoms. The fourth-order valence-electron chi connectivity index (χ4n) is 0.833. The summed E-state index contributed by atoms with van der Waals surface area (Å²) in [6.45, 7) is 4.21. The standard InChI is InChI=1S/C9H16O/c1-3-5-6-9(4-2)7-8-10/h5-6,8-9H,3-4,7H2,1-2H3. The minimum Gasteiger partial charge on any atom is -0.303 e. The van der Waals surface area contributed by atoms with E-state index in [1.54, 1.807) is 0 Å². The van der Waals surface area contributed by atoms with Gasteiger partial charge in [-0.3, -0.25) is 0 Å². The van der Waals surface area contributed by atoms with Gasteiger partial charge in [0.05, 0.1) is 0 Å². The number of hydrogen-bond donors (Lipinski definition) is 0. The average Bonchev–Trinajstić information content (AvgIpc) is 1.98. The van der Waals surface area contributed by atoms with E-state index in [1.165, 1.54) is 0 Å². The van der Waals surface area contributed by atoms with E-state index >= 15 is 0 Å². The maximum absolute atomic E-state index is 10.1. The van der Waals surface area contributed by atoms with Gasteiger partial charge < -0.3 is 4.79 Å². The van der Waals surface area contributed by atoms with Crippen LogP contribution in [0.1, 0.15) is 33.1 Å². The molecule has 0 aliphatic carbocycles. The first-order valence-electron chi connectivity index (χ1n) is 3.95. The van der Waals surface area contributed by atoms with Crippen molar-refractivity contribution in [1.29, 1.82) is 0 Å². The zero-order chi connectivity index (χ0) is 7.82. The van der Waals surface area contributed by atoms with Crippen LogP contribution in [0, 0.1) is 5.92 Å². The van der Waals surface area contributed by atoms with Crippen molar-refractivity contribution in [3.05, 3.63) is 12.2 Å². The molecule has 1 heteroatoms. The van der Waals surface area contributed by atoms with Crippen LogP contribution in [0.25, 0.3) is 0 Å². The number of carbonyl (C=O) groups is 1. The van der Waals surface area contributed by atoms with Gasteiger partial charge in [-0.05, 0) is 18.8 Å². The van der Waals surface area contributed by atoms with Gasteiger partial charge in [-0.25, -0.2) is 0 Å². The fourth-order valence-corrected chi connectivity index (χ4v) is 0.833. The molecule has 0 N–H and O–H groups in total. The van der Waals surface area contributed by atoms with Crippen LogP contribution >= 0.6 is 0 Å². The number of allylic oxidation sites excluding steroid dienone is 2. The first kappa shape index (κ1) is 9.41. The summed E-state index contributed by atoms with van der Waals surface area (Å²) in [5.74, 6) is 0.470. The summed E-state index contributed by atoms with van der Waals surface area (Å²) >= 11 is 0. The molecule has 0 heterocycles. The van der Waals surface area contributed by atoms with Gasteiger partial charge in [0.15, 0.2) is 0 Å². The lowest BCUT2D eigenvalue weighted by Crippen LogP contribution is -1.93. The highest BCUT2D eigenvalue weighted by Crippen LogP contribution is 2.07. The molecule has 0 aromatic heterocycles. The first-order chi connectivity index (χ1) is 4.85. The topological polar surface area (TPSA) is 17.1 Å². The van der Waals surface area contributed by atoms with Crippen LogP contribution in [0.3, 0.4) is 0 Å². The Hall–Kier alpha value is -0.590. The van der Waals surface area contributed by atoms with Crippen molar-refractivity contribution in [2.45, 2.75) is 33.1 Å². The Kier molecular flexibility index (Phi) is 6.14. The van der Waals surface area contributed by atoms with Crippen molar-refractivity contribution in [2.75, 3.05) is 0 Å². The molecule has 0 aromatic rings. The summed E-state index contributed by atoms with van der Waals surface area (Å²) in [6, 6.07) is 0. The average molecular weight is 140 g/mol. The minimum atomic E-state index is 0.470. The normalized spacial score (nSPS) is 13.8. The summed E-state index contributed by atoms with van der Waals surface area (Å²) in [6.07, 6.45) is 8.05. The van der Waals surface area contributed by atoms with Crippen molar-refractivity contribution < 1.29 is 4.79 Å². The molecule has 0 saturated carbocycles. The van der Waals surface area contributed by atoms with Gasteiger partial charge in [-0.15, -0.1) is 0 Å². The second kappa shape index (κ2) is 6.53. The van der Waals surface area contributed by atoms with E-state index in [0.717, 1.165) is 19.1 Å². The lowest BCUT2D eigenvalue weighted by Gasteiger charge is -2.02. The van der Waals surface area contributed by atoms with Gasteiger partial charge in [0.25, 0.3) is 0 Å². The van der Waals surface area contributed by atoms with Crippen LogP contribution in [-0.4, -0.2) is 6.29 Å². The fraction of sp³-hybridized carbons (Fsp3) is 0.667. The van der Waals surface area contributed by atoms with E-state index in [2.05, 4.69) is 26.0 Å². The highest BCUT2D eigenvalue weighted by atomic mass is 16.1. The molecule has 1 nitrogen and oxygen atoms in total.